The van der Waals surface area contributed by atoms with Crippen LogP contribution in [0.4, 0.5) is 4.79 Å². The maximum absolute atomic E-state index is 12.3. The van der Waals surface area contributed by atoms with Crippen molar-refractivity contribution >= 4 is 6.03 Å². The van der Waals surface area contributed by atoms with Gasteiger partial charge in [-0.1, -0.05) is 0 Å². The maximum atomic E-state index is 12.3. The number of carbonyl (C=O) groups is 1. The fourth-order valence-electron chi connectivity index (χ4n) is 3.67. The molecular weight excluding hydrogens is 310 g/mol. The van der Waals surface area contributed by atoms with Gasteiger partial charge in [-0.05, 0) is 26.3 Å². The summed E-state index contributed by atoms with van der Waals surface area (Å²) < 4.78 is 16.8. The second kappa shape index (κ2) is 8.99. The van der Waals surface area contributed by atoms with Gasteiger partial charge < -0.3 is 24.4 Å². The van der Waals surface area contributed by atoms with E-state index in [0.717, 1.165) is 65.3 Å². The van der Waals surface area contributed by atoms with Gasteiger partial charge in [0.2, 0.25) is 0 Å². The number of hydrogen-bond donors (Lipinski definition) is 1. The number of amides is 2. The van der Waals surface area contributed by atoms with Crippen molar-refractivity contribution in [3.63, 3.8) is 0 Å². The summed E-state index contributed by atoms with van der Waals surface area (Å²) in [6.45, 7) is 7.10. The summed E-state index contributed by atoms with van der Waals surface area (Å²) in [5, 5.41) is 3.01. The summed E-state index contributed by atoms with van der Waals surface area (Å²) in [6, 6.07) is 0.367. The molecule has 7 nitrogen and oxygen atoms in total. The van der Waals surface area contributed by atoms with Crippen molar-refractivity contribution < 1.29 is 19.0 Å². The van der Waals surface area contributed by atoms with Crippen LogP contribution in [0.5, 0.6) is 0 Å². The Balaban J connectivity index is 1.28. The average Bonchev–Trinajstić information content (AvgIpc) is 3.11. The molecule has 3 aliphatic heterocycles. The van der Waals surface area contributed by atoms with E-state index < -0.39 is 0 Å². The number of morpholine rings is 1. The average molecular weight is 341 g/mol. The number of hydrogen-bond acceptors (Lipinski definition) is 5. The highest BCUT2D eigenvalue weighted by atomic mass is 16.5. The first-order chi connectivity index (χ1) is 11.7. The highest BCUT2D eigenvalue weighted by Gasteiger charge is 2.36. The maximum Gasteiger partial charge on any atom is 0.317 e. The molecular formula is C17H31N3O4. The predicted octanol–water partition coefficient (Wildman–Crippen LogP) is 0.544. The van der Waals surface area contributed by atoms with E-state index in [-0.39, 0.29) is 12.1 Å². The van der Waals surface area contributed by atoms with Crippen LogP contribution in [0, 0.1) is 5.92 Å². The van der Waals surface area contributed by atoms with Crippen molar-refractivity contribution in [2.45, 2.75) is 31.4 Å². The largest absolute Gasteiger partial charge is 0.381 e. The number of urea groups is 1. The Morgan fingerprint density at radius 3 is 3.04 bits per heavy atom. The number of nitrogens with zero attached hydrogens (tertiary/aromatic N) is 2. The second-order valence-electron chi connectivity index (χ2n) is 7.08. The highest BCUT2D eigenvalue weighted by Crippen LogP contribution is 2.21. The molecule has 2 amide bonds. The van der Waals surface area contributed by atoms with E-state index in [4.69, 9.17) is 14.2 Å². The normalized spacial score (nSPS) is 31.0. The molecule has 0 bridgehead atoms. The molecule has 24 heavy (non-hydrogen) atoms. The zero-order chi connectivity index (χ0) is 16.8. The summed E-state index contributed by atoms with van der Waals surface area (Å²) in [4.78, 5) is 16.6. The molecule has 0 radical (unpaired) electrons. The molecule has 0 unspecified atom stereocenters. The number of fused-ring (bicyclic) bond motifs is 1. The molecule has 3 saturated heterocycles. The van der Waals surface area contributed by atoms with E-state index in [1.54, 1.807) is 0 Å². The van der Waals surface area contributed by atoms with Gasteiger partial charge in [0.15, 0.2) is 0 Å². The van der Waals surface area contributed by atoms with Crippen LogP contribution in [-0.2, 0) is 14.2 Å². The number of likely N-dealkylation sites (N-methyl/N-ethyl adjacent to an activating group) is 1. The van der Waals surface area contributed by atoms with Gasteiger partial charge in [0.25, 0.3) is 0 Å². The Kier molecular flexibility index (Phi) is 6.71. The van der Waals surface area contributed by atoms with E-state index in [0.29, 0.717) is 25.1 Å². The van der Waals surface area contributed by atoms with Gasteiger partial charge in [-0.2, -0.15) is 0 Å². The Bertz CT molecular complexity index is 403. The van der Waals surface area contributed by atoms with Crippen LogP contribution in [0.15, 0.2) is 0 Å². The Morgan fingerprint density at radius 1 is 1.29 bits per heavy atom. The molecule has 0 spiro atoms. The first kappa shape index (κ1) is 17.9. The van der Waals surface area contributed by atoms with E-state index in [1.807, 2.05) is 4.90 Å². The van der Waals surface area contributed by atoms with Gasteiger partial charge in [-0.15, -0.1) is 0 Å². The fourth-order valence-corrected chi connectivity index (χ4v) is 3.67. The van der Waals surface area contributed by atoms with Crippen molar-refractivity contribution in [1.29, 1.82) is 0 Å². The molecule has 0 aliphatic carbocycles. The number of nitrogens with one attached hydrogen (secondary N) is 1. The molecule has 3 rings (SSSR count). The number of likely N-dealkylation sites (tertiary alicyclic amines) is 1. The van der Waals surface area contributed by atoms with Crippen molar-refractivity contribution in [2.24, 2.45) is 5.92 Å². The lowest BCUT2D eigenvalue weighted by Crippen LogP contribution is -2.60. The second-order valence-corrected chi connectivity index (χ2v) is 7.08. The zero-order valence-corrected chi connectivity index (χ0v) is 14.7. The van der Waals surface area contributed by atoms with Crippen LogP contribution >= 0.6 is 0 Å². The van der Waals surface area contributed by atoms with Crippen molar-refractivity contribution in [1.82, 2.24) is 15.1 Å². The smallest absolute Gasteiger partial charge is 0.317 e. The van der Waals surface area contributed by atoms with E-state index in [2.05, 4.69) is 17.3 Å². The first-order valence-corrected chi connectivity index (χ1v) is 9.24. The number of piperidine rings is 1. The Hall–Kier alpha value is -0.890. The predicted molar refractivity (Wildman–Crippen MR) is 90.1 cm³/mol. The van der Waals surface area contributed by atoms with E-state index in [9.17, 15) is 4.79 Å². The lowest BCUT2D eigenvalue weighted by atomic mass is 9.99. The molecule has 0 aromatic rings. The summed E-state index contributed by atoms with van der Waals surface area (Å²) in [6.07, 6.45) is 3.16. The van der Waals surface area contributed by atoms with Gasteiger partial charge in [-0.25, -0.2) is 4.79 Å². The molecule has 0 aromatic carbocycles. The monoisotopic (exact) mass is 341 g/mol. The van der Waals surface area contributed by atoms with Crippen LogP contribution < -0.4 is 5.32 Å². The lowest BCUT2D eigenvalue weighted by molar-refractivity contribution is -0.0881. The van der Waals surface area contributed by atoms with Gasteiger partial charge >= 0.3 is 6.03 Å². The zero-order valence-electron chi connectivity index (χ0n) is 14.7. The molecule has 7 heteroatoms. The molecule has 138 valence electrons. The van der Waals surface area contributed by atoms with Crippen LogP contribution in [0.2, 0.25) is 0 Å². The SMILES string of the molecule is CN1CCO[C@@H]2CCN(C(=O)NCCCOC[C@H]3CCOC3)C[C@@H]21. The quantitative estimate of drug-likeness (QED) is 0.715. The lowest BCUT2D eigenvalue weighted by Gasteiger charge is -2.45. The molecule has 3 fully saturated rings. The van der Waals surface area contributed by atoms with Crippen molar-refractivity contribution in [3.8, 4) is 0 Å². The standard InChI is InChI=1S/C17H31N3O4/c1-19-7-10-24-16-3-6-20(11-15(16)19)17(21)18-5-2-8-22-12-14-4-9-23-13-14/h14-16H,2-13H2,1H3,(H,18,21)/t14-,15+,16-/m1/s1. The third-order valence-corrected chi connectivity index (χ3v) is 5.27. The third-order valence-electron chi connectivity index (χ3n) is 5.27. The number of rotatable bonds is 6. The van der Waals surface area contributed by atoms with Crippen LogP contribution in [-0.4, -0.2) is 94.2 Å². The van der Waals surface area contributed by atoms with Crippen LogP contribution in [0.25, 0.3) is 0 Å². The number of ether oxygens (including phenoxy) is 3. The minimum Gasteiger partial charge on any atom is -0.381 e. The van der Waals surface area contributed by atoms with E-state index in [1.165, 1.54) is 0 Å². The molecule has 3 heterocycles. The molecule has 1 N–H and O–H groups in total. The summed E-state index contributed by atoms with van der Waals surface area (Å²) in [7, 11) is 2.12. The molecule has 3 aliphatic rings. The summed E-state index contributed by atoms with van der Waals surface area (Å²) >= 11 is 0. The molecule has 0 aromatic heterocycles. The highest BCUT2D eigenvalue weighted by molar-refractivity contribution is 5.74. The van der Waals surface area contributed by atoms with Crippen LogP contribution in [0.3, 0.4) is 0 Å². The first-order valence-electron chi connectivity index (χ1n) is 9.24. The van der Waals surface area contributed by atoms with Gasteiger partial charge in [-0.3, -0.25) is 4.90 Å². The van der Waals surface area contributed by atoms with Crippen molar-refractivity contribution in [3.05, 3.63) is 0 Å². The fraction of sp³-hybridized carbons (Fsp3) is 0.941. The topological polar surface area (TPSA) is 63.3 Å². The van der Waals surface area contributed by atoms with Gasteiger partial charge in [0, 0.05) is 45.3 Å². The summed E-state index contributed by atoms with van der Waals surface area (Å²) in [5.41, 5.74) is 0. The van der Waals surface area contributed by atoms with Gasteiger partial charge in [0.05, 0.1) is 32.0 Å². The summed E-state index contributed by atoms with van der Waals surface area (Å²) in [5.74, 6) is 0.551. The molecule has 3 atom stereocenters. The van der Waals surface area contributed by atoms with Crippen LogP contribution in [0.1, 0.15) is 19.3 Å². The van der Waals surface area contributed by atoms with Gasteiger partial charge in [0.1, 0.15) is 0 Å². The third kappa shape index (κ3) is 4.81. The number of carbonyl (C=O) groups excluding carboxylic acids is 1. The Labute approximate surface area is 144 Å². The van der Waals surface area contributed by atoms with Crippen molar-refractivity contribution in [2.75, 3.05) is 66.3 Å². The minimum absolute atomic E-state index is 0.0385. The minimum atomic E-state index is 0.0385. The van der Waals surface area contributed by atoms with E-state index >= 15 is 0 Å². The Morgan fingerprint density at radius 2 is 2.21 bits per heavy atom. The molecule has 0 saturated carbocycles.